The number of carbonyl (C=O) groups is 1. The van der Waals surface area contributed by atoms with E-state index in [2.05, 4.69) is 16.0 Å². The van der Waals surface area contributed by atoms with E-state index in [0.29, 0.717) is 30.3 Å². The summed E-state index contributed by atoms with van der Waals surface area (Å²) in [5.41, 5.74) is 2.52. The summed E-state index contributed by atoms with van der Waals surface area (Å²) in [6.45, 7) is 1.73. The van der Waals surface area contributed by atoms with Crippen molar-refractivity contribution in [2.24, 2.45) is 0 Å². The Morgan fingerprint density at radius 1 is 1.00 bits per heavy atom. The number of fused-ring (bicyclic) bond motifs is 1. The molecule has 7 heteroatoms. The molecule has 0 aliphatic heterocycles. The molecule has 0 radical (unpaired) electrons. The minimum absolute atomic E-state index is 0.165. The van der Waals surface area contributed by atoms with Crippen molar-refractivity contribution in [3.8, 4) is 11.5 Å². The minimum Gasteiger partial charge on any atom is -0.497 e. The zero-order chi connectivity index (χ0) is 23.0. The smallest absolute Gasteiger partial charge is 0.252 e. The third kappa shape index (κ3) is 5.65. The molecule has 0 atom stereocenters. The molecule has 1 amide bonds. The van der Waals surface area contributed by atoms with Crippen molar-refractivity contribution in [3.63, 3.8) is 0 Å². The van der Waals surface area contributed by atoms with Crippen LogP contribution >= 0.6 is 11.6 Å². The zero-order valence-electron chi connectivity index (χ0n) is 18.5. The Bertz CT molecular complexity index is 1220. The number of hydrogen-bond donors (Lipinski definition) is 1. The number of aryl methyl sites for hydroxylation is 1. The second-order valence-corrected chi connectivity index (χ2v) is 7.94. The van der Waals surface area contributed by atoms with E-state index < -0.39 is 0 Å². The quantitative estimate of drug-likeness (QED) is 0.331. The lowest BCUT2D eigenvalue weighted by Gasteiger charge is -2.12. The maximum atomic E-state index is 12.4. The van der Waals surface area contributed by atoms with Crippen LogP contribution in [0.1, 0.15) is 22.6 Å². The normalized spacial score (nSPS) is 10.8. The van der Waals surface area contributed by atoms with Gasteiger partial charge in [-0.2, -0.15) is 0 Å². The Morgan fingerprint density at radius 2 is 1.73 bits per heavy atom. The zero-order valence-corrected chi connectivity index (χ0v) is 19.2. The van der Waals surface area contributed by atoms with E-state index in [1.807, 2.05) is 48.5 Å². The number of amides is 1. The van der Waals surface area contributed by atoms with Crippen molar-refractivity contribution in [2.75, 3.05) is 20.3 Å². The van der Waals surface area contributed by atoms with E-state index in [1.54, 1.807) is 25.3 Å². The number of nitrogens with zero attached hydrogens (tertiary/aromatic N) is 2. The predicted molar refractivity (Wildman–Crippen MR) is 130 cm³/mol. The summed E-state index contributed by atoms with van der Waals surface area (Å²) in [6, 6.07) is 22.7. The molecule has 1 aromatic heterocycles. The summed E-state index contributed by atoms with van der Waals surface area (Å²) in [4.78, 5) is 17.2. The Labute approximate surface area is 198 Å². The van der Waals surface area contributed by atoms with Gasteiger partial charge in [-0.05, 0) is 55.0 Å². The van der Waals surface area contributed by atoms with Gasteiger partial charge in [0.1, 0.15) is 23.9 Å². The number of methoxy groups -OCH3 is 1. The van der Waals surface area contributed by atoms with Crippen LogP contribution in [-0.4, -0.2) is 35.7 Å². The predicted octanol–water partition coefficient (Wildman–Crippen LogP) is 5.14. The third-order valence-electron chi connectivity index (χ3n) is 5.36. The van der Waals surface area contributed by atoms with Crippen molar-refractivity contribution < 1.29 is 14.3 Å². The van der Waals surface area contributed by atoms with E-state index in [9.17, 15) is 4.79 Å². The van der Waals surface area contributed by atoms with Gasteiger partial charge >= 0.3 is 0 Å². The van der Waals surface area contributed by atoms with Crippen molar-refractivity contribution in [2.45, 2.75) is 19.4 Å². The molecule has 4 aromatic rings. The third-order valence-corrected chi connectivity index (χ3v) is 5.69. The fourth-order valence-electron chi connectivity index (χ4n) is 3.68. The van der Waals surface area contributed by atoms with Gasteiger partial charge in [-0.3, -0.25) is 4.79 Å². The van der Waals surface area contributed by atoms with Crippen LogP contribution in [0.15, 0.2) is 72.8 Å². The highest BCUT2D eigenvalue weighted by Crippen LogP contribution is 2.20. The van der Waals surface area contributed by atoms with Crippen molar-refractivity contribution in [1.29, 1.82) is 0 Å². The summed E-state index contributed by atoms with van der Waals surface area (Å²) in [5.74, 6) is 2.40. The second kappa shape index (κ2) is 10.9. The minimum atomic E-state index is -0.165. The van der Waals surface area contributed by atoms with Crippen molar-refractivity contribution in [3.05, 3.63) is 89.2 Å². The standard InChI is InChI=1S/C26H26ClN3O3/c1-32-19-12-14-20(15-13-19)33-18-17-30-24-10-5-4-9-23(24)29-25(30)11-6-16-28-26(31)21-7-2-3-8-22(21)27/h2-5,7-10,12-15H,6,11,16-18H2,1H3,(H,28,31). The number of nitrogens with one attached hydrogen (secondary N) is 1. The summed E-state index contributed by atoms with van der Waals surface area (Å²) in [6.07, 6.45) is 1.50. The van der Waals surface area contributed by atoms with Crippen LogP contribution in [0.4, 0.5) is 0 Å². The largest absolute Gasteiger partial charge is 0.497 e. The molecule has 0 aliphatic rings. The highest BCUT2D eigenvalue weighted by Gasteiger charge is 2.12. The Hall–Kier alpha value is -3.51. The number of benzene rings is 3. The highest BCUT2D eigenvalue weighted by molar-refractivity contribution is 6.33. The Morgan fingerprint density at radius 3 is 2.52 bits per heavy atom. The average molecular weight is 464 g/mol. The first-order chi connectivity index (χ1) is 16.2. The SMILES string of the molecule is COc1ccc(OCCn2c(CCCNC(=O)c3ccccc3Cl)nc3ccccc32)cc1. The first kappa shape index (κ1) is 22.7. The number of hydrogen-bond acceptors (Lipinski definition) is 4. The maximum Gasteiger partial charge on any atom is 0.252 e. The highest BCUT2D eigenvalue weighted by atomic mass is 35.5. The van der Waals surface area contributed by atoms with E-state index in [-0.39, 0.29) is 5.91 Å². The Balaban J connectivity index is 1.36. The monoisotopic (exact) mass is 463 g/mol. The van der Waals surface area contributed by atoms with Gasteiger partial charge in [0.25, 0.3) is 5.91 Å². The summed E-state index contributed by atoms with van der Waals surface area (Å²) >= 11 is 6.11. The van der Waals surface area contributed by atoms with Crippen LogP contribution < -0.4 is 14.8 Å². The van der Waals surface area contributed by atoms with Gasteiger partial charge in [0.15, 0.2) is 0 Å². The lowest BCUT2D eigenvalue weighted by Crippen LogP contribution is -2.25. The van der Waals surface area contributed by atoms with Gasteiger partial charge in [-0.15, -0.1) is 0 Å². The summed E-state index contributed by atoms with van der Waals surface area (Å²) < 4.78 is 13.3. The molecule has 0 aliphatic carbocycles. The first-order valence-electron chi connectivity index (χ1n) is 10.9. The lowest BCUT2D eigenvalue weighted by atomic mass is 10.2. The van der Waals surface area contributed by atoms with Crippen LogP contribution in [-0.2, 0) is 13.0 Å². The van der Waals surface area contributed by atoms with Gasteiger partial charge in [0.05, 0.1) is 35.3 Å². The Kier molecular flexibility index (Phi) is 7.47. The van der Waals surface area contributed by atoms with Crippen LogP contribution in [0.2, 0.25) is 5.02 Å². The molecule has 0 fully saturated rings. The number of halogens is 1. The number of rotatable bonds is 10. The maximum absolute atomic E-state index is 12.4. The summed E-state index contributed by atoms with van der Waals surface area (Å²) in [7, 11) is 1.64. The molecule has 4 rings (SSSR count). The van der Waals surface area contributed by atoms with E-state index in [1.165, 1.54) is 0 Å². The number of aromatic nitrogens is 2. The average Bonchev–Trinajstić information content (AvgIpc) is 3.20. The van der Waals surface area contributed by atoms with E-state index >= 15 is 0 Å². The van der Waals surface area contributed by atoms with Crippen LogP contribution in [0.3, 0.4) is 0 Å². The molecule has 0 saturated heterocycles. The molecule has 170 valence electrons. The molecule has 1 N–H and O–H groups in total. The fraction of sp³-hybridized carbons (Fsp3) is 0.231. The van der Waals surface area contributed by atoms with Crippen LogP contribution in [0.5, 0.6) is 11.5 Å². The molecule has 1 heterocycles. The number of para-hydroxylation sites is 2. The molecule has 0 saturated carbocycles. The molecular weight excluding hydrogens is 438 g/mol. The van der Waals surface area contributed by atoms with E-state index in [0.717, 1.165) is 41.2 Å². The van der Waals surface area contributed by atoms with Gasteiger partial charge in [-0.25, -0.2) is 4.98 Å². The van der Waals surface area contributed by atoms with Crippen molar-refractivity contribution >= 4 is 28.5 Å². The molecular formula is C26H26ClN3O3. The molecule has 0 bridgehead atoms. The van der Waals surface area contributed by atoms with E-state index in [4.69, 9.17) is 26.1 Å². The van der Waals surface area contributed by atoms with Gasteiger partial charge in [0, 0.05) is 13.0 Å². The lowest BCUT2D eigenvalue weighted by molar-refractivity contribution is 0.0953. The fourth-order valence-corrected chi connectivity index (χ4v) is 3.90. The van der Waals surface area contributed by atoms with Crippen LogP contribution in [0, 0.1) is 0 Å². The first-order valence-corrected chi connectivity index (χ1v) is 11.3. The van der Waals surface area contributed by atoms with Gasteiger partial charge in [0.2, 0.25) is 0 Å². The second-order valence-electron chi connectivity index (χ2n) is 7.53. The van der Waals surface area contributed by atoms with Gasteiger partial charge in [-0.1, -0.05) is 35.9 Å². The van der Waals surface area contributed by atoms with Crippen LogP contribution in [0.25, 0.3) is 11.0 Å². The molecule has 0 spiro atoms. The number of carbonyl (C=O) groups excluding carboxylic acids is 1. The molecule has 0 unspecified atom stereocenters. The molecule has 33 heavy (non-hydrogen) atoms. The topological polar surface area (TPSA) is 65.4 Å². The molecule has 6 nitrogen and oxygen atoms in total. The summed E-state index contributed by atoms with van der Waals surface area (Å²) in [5, 5.41) is 3.39. The number of ether oxygens (including phenoxy) is 2. The molecule has 3 aromatic carbocycles. The van der Waals surface area contributed by atoms with Gasteiger partial charge < -0.3 is 19.4 Å². The van der Waals surface area contributed by atoms with Crippen molar-refractivity contribution in [1.82, 2.24) is 14.9 Å². The number of imidazole rings is 1.